The first-order chi connectivity index (χ1) is 10.7. The van der Waals surface area contributed by atoms with Crippen LogP contribution >= 0.6 is 23.4 Å². The van der Waals surface area contributed by atoms with Gasteiger partial charge in [-0.2, -0.15) is 5.26 Å². The Balaban J connectivity index is 2.09. The van der Waals surface area contributed by atoms with Gasteiger partial charge in [-0.1, -0.05) is 48.8 Å². The molecular weight excluding hydrogens is 316 g/mol. The molecule has 1 aromatic carbocycles. The first-order valence-electron chi connectivity index (χ1n) is 7.07. The summed E-state index contributed by atoms with van der Waals surface area (Å²) in [5, 5.41) is 13.4. The number of rotatable bonds is 7. The number of benzene rings is 1. The van der Waals surface area contributed by atoms with Gasteiger partial charge in [0.25, 0.3) is 0 Å². The predicted molar refractivity (Wildman–Crippen MR) is 91.1 cm³/mol. The minimum absolute atomic E-state index is 0.353. The monoisotopic (exact) mass is 332 g/mol. The molecule has 1 N–H and O–H groups in total. The standard InChI is InChI=1S/C16H17ClN4S/c1-2-3-14-10-15(21-16(20-14)22-9-8-18)19-11-12-4-6-13(17)7-5-12/h4-7,10H,2-3,9,11H2,1H3,(H,19,20,21). The van der Waals surface area contributed by atoms with E-state index in [4.69, 9.17) is 16.9 Å². The van der Waals surface area contributed by atoms with Crippen molar-refractivity contribution >= 4 is 29.2 Å². The van der Waals surface area contributed by atoms with E-state index in [1.54, 1.807) is 0 Å². The molecule has 0 fully saturated rings. The number of nitrogens with zero attached hydrogens (tertiary/aromatic N) is 3. The molecule has 0 saturated carbocycles. The Morgan fingerprint density at radius 2 is 2.05 bits per heavy atom. The van der Waals surface area contributed by atoms with E-state index < -0.39 is 0 Å². The maximum atomic E-state index is 8.69. The first kappa shape index (κ1) is 16.6. The van der Waals surface area contributed by atoms with Gasteiger partial charge in [0.05, 0.1) is 11.8 Å². The number of nitriles is 1. The average molecular weight is 333 g/mol. The molecule has 0 aliphatic carbocycles. The van der Waals surface area contributed by atoms with Crippen molar-refractivity contribution < 1.29 is 0 Å². The SMILES string of the molecule is CCCc1cc(NCc2ccc(Cl)cc2)nc(SCC#N)n1. The van der Waals surface area contributed by atoms with Gasteiger partial charge in [0.1, 0.15) is 5.82 Å². The van der Waals surface area contributed by atoms with Crippen molar-refractivity contribution in [2.45, 2.75) is 31.5 Å². The normalized spacial score (nSPS) is 10.2. The number of aryl methyl sites for hydroxylation is 1. The molecule has 0 bridgehead atoms. The summed E-state index contributed by atoms with van der Waals surface area (Å²) in [5.41, 5.74) is 2.13. The molecule has 2 aromatic rings. The van der Waals surface area contributed by atoms with Crippen molar-refractivity contribution in [3.63, 3.8) is 0 Å². The molecule has 114 valence electrons. The van der Waals surface area contributed by atoms with E-state index in [1.807, 2.05) is 30.3 Å². The van der Waals surface area contributed by atoms with Crippen molar-refractivity contribution in [2.75, 3.05) is 11.1 Å². The van der Waals surface area contributed by atoms with Crippen LogP contribution in [0.2, 0.25) is 5.02 Å². The van der Waals surface area contributed by atoms with Gasteiger partial charge in [-0.25, -0.2) is 9.97 Å². The van der Waals surface area contributed by atoms with Gasteiger partial charge in [0, 0.05) is 23.3 Å². The third-order valence-electron chi connectivity index (χ3n) is 2.92. The highest BCUT2D eigenvalue weighted by Gasteiger charge is 2.05. The minimum Gasteiger partial charge on any atom is -0.366 e. The molecule has 0 aliphatic heterocycles. The van der Waals surface area contributed by atoms with Crippen LogP contribution in [-0.4, -0.2) is 15.7 Å². The first-order valence-corrected chi connectivity index (χ1v) is 8.43. The van der Waals surface area contributed by atoms with E-state index in [0.29, 0.717) is 17.5 Å². The summed E-state index contributed by atoms with van der Waals surface area (Å²) in [4.78, 5) is 8.92. The molecule has 0 aliphatic rings. The van der Waals surface area contributed by atoms with E-state index in [-0.39, 0.29) is 0 Å². The lowest BCUT2D eigenvalue weighted by Crippen LogP contribution is -2.05. The second-order valence-electron chi connectivity index (χ2n) is 4.70. The molecule has 4 nitrogen and oxygen atoms in total. The largest absolute Gasteiger partial charge is 0.366 e. The van der Waals surface area contributed by atoms with Crippen molar-refractivity contribution in [3.8, 4) is 6.07 Å². The van der Waals surface area contributed by atoms with Crippen molar-refractivity contribution in [2.24, 2.45) is 0 Å². The smallest absolute Gasteiger partial charge is 0.190 e. The third kappa shape index (κ3) is 5.21. The van der Waals surface area contributed by atoms with E-state index >= 15 is 0 Å². The molecule has 0 radical (unpaired) electrons. The highest BCUT2D eigenvalue weighted by molar-refractivity contribution is 7.99. The van der Waals surface area contributed by atoms with Gasteiger partial charge in [-0.3, -0.25) is 0 Å². The number of hydrogen-bond acceptors (Lipinski definition) is 5. The van der Waals surface area contributed by atoms with Crippen LogP contribution in [0.3, 0.4) is 0 Å². The molecule has 0 spiro atoms. The van der Waals surface area contributed by atoms with E-state index in [0.717, 1.165) is 34.9 Å². The molecule has 22 heavy (non-hydrogen) atoms. The number of anilines is 1. The predicted octanol–water partition coefficient (Wildman–Crippen LogP) is 4.31. The number of hydrogen-bond donors (Lipinski definition) is 1. The molecule has 0 atom stereocenters. The second kappa shape index (κ2) is 8.62. The fourth-order valence-corrected chi connectivity index (χ4v) is 2.57. The van der Waals surface area contributed by atoms with Gasteiger partial charge >= 0.3 is 0 Å². The Labute approximate surface area is 139 Å². The maximum absolute atomic E-state index is 8.69. The lowest BCUT2D eigenvalue weighted by molar-refractivity contribution is 0.827. The summed E-state index contributed by atoms with van der Waals surface area (Å²) in [7, 11) is 0. The van der Waals surface area contributed by atoms with E-state index in [9.17, 15) is 0 Å². The zero-order valence-electron chi connectivity index (χ0n) is 12.3. The van der Waals surface area contributed by atoms with Crippen molar-refractivity contribution in [3.05, 3.63) is 46.6 Å². The summed E-state index contributed by atoms with van der Waals surface area (Å²) in [6.07, 6.45) is 1.92. The lowest BCUT2D eigenvalue weighted by atomic mass is 10.2. The van der Waals surface area contributed by atoms with Gasteiger partial charge < -0.3 is 5.32 Å². The fraction of sp³-hybridized carbons (Fsp3) is 0.312. The Morgan fingerprint density at radius 3 is 2.73 bits per heavy atom. The summed E-state index contributed by atoms with van der Waals surface area (Å²) < 4.78 is 0. The van der Waals surface area contributed by atoms with Crippen LogP contribution in [0.25, 0.3) is 0 Å². The van der Waals surface area contributed by atoms with Crippen LogP contribution in [0.4, 0.5) is 5.82 Å². The van der Waals surface area contributed by atoms with Crippen LogP contribution in [-0.2, 0) is 13.0 Å². The Hall–Kier alpha value is -1.77. The number of aromatic nitrogens is 2. The summed E-state index contributed by atoms with van der Waals surface area (Å²) in [6, 6.07) is 11.8. The molecular formula is C16H17ClN4S. The number of thioether (sulfide) groups is 1. The average Bonchev–Trinajstić information content (AvgIpc) is 2.53. The summed E-state index contributed by atoms with van der Waals surface area (Å²) in [5.74, 6) is 1.14. The minimum atomic E-state index is 0.353. The van der Waals surface area contributed by atoms with E-state index in [2.05, 4.69) is 28.3 Å². The molecule has 0 amide bonds. The number of nitrogens with one attached hydrogen (secondary N) is 1. The van der Waals surface area contributed by atoms with Crippen LogP contribution in [0, 0.1) is 11.3 Å². The molecule has 1 heterocycles. The van der Waals surface area contributed by atoms with Crippen LogP contribution in [0.1, 0.15) is 24.6 Å². The fourth-order valence-electron chi connectivity index (χ4n) is 1.90. The van der Waals surface area contributed by atoms with Crippen LogP contribution in [0.5, 0.6) is 0 Å². The number of halogens is 1. The van der Waals surface area contributed by atoms with Gasteiger partial charge in [0.2, 0.25) is 0 Å². The Kier molecular flexibility index (Phi) is 6.50. The highest BCUT2D eigenvalue weighted by Crippen LogP contribution is 2.18. The Bertz CT molecular complexity index is 652. The quantitative estimate of drug-likeness (QED) is 0.604. The molecule has 2 rings (SSSR count). The highest BCUT2D eigenvalue weighted by atomic mass is 35.5. The van der Waals surface area contributed by atoms with Gasteiger partial charge in [-0.05, 0) is 24.1 Å². The van der Waals surface area contributed by atoms with Crippen LogP contribution < -0.4 is 5.32 Å². The Morgan fingerprint density at radius 1 is 1.27 bits per heavy atom. The van der Waals surface area contributed by atoms with Crippen molar-refractivity contribution in [1.82, 2.24) is 9.97 Å². The molecule has 0 saturated heterocycles. The maximum Gasteiger partial charge on any atom is 0.190 e. The van der Waals surface area contributed by atoms with E-state index in [1.165, 1.54) is 11.8 Å². The van der Waals surface area contributed by atoms with Gasteiger partial charge in [-0.15, -0.1) is 0 Å². The molecule has 6 heteroatoms. The van der Waals surface area contributed by atoms with Crippen LogP contribution in [0.15, 0.2) is 35.5 Å². The topological polar surface area (TPSA) is 61.6 Å². The molecule has 0 unspecified atom stereocenters. The zero-order valence-corrected chi connectivity index (χ0v) is 13.9. The lowest BCUT2D eigenvalue weighted by Gasteiger charge is -2.09. The van der Waals surface area contributed by atoms with Crippen molar-refractivity contribution in [1.29, 1.82) is 5.26 Å². The summed E-state index contributed by atoms with van der Waals surface area (Å²) >= 11 is 7.24. The molecule has 1 aromatic heterocycles. The third-order valence-corrected chi connectivity index (χ3v) is 3.88. The zero-order chi connectivity index (χ0) is 15.8. The van der Waals surface area contributed by atoms with Gasteiger partial charge in [0.15, 0.2) is 5.16 Å². The summed E-state index contributed by atoms with van der Waals surface area (Å²) in [6.45, 7) is 2.78. The second-order valence-corrected chi connectivity index (χ2v) is 6.08.